The molecule has 1 aromatic heterocycles. The average molecular weight is 376 g/mol. The summed E-state index contributed by atoms with van der Waals surface area (Å²) in [6.45, 7) is -0.614. The highest BCUT2D eigenvalue weighted by Crippen LogP contribution is 2.18. The first kappa shape index (κ1) is 17.5. The first-order valence-electron chi connectivity index (χ1n) is 7.19. The van der Waals surface area contributed by atoms with Gasteiger partial charge in [0.2, 0.25) is 0 Å². The number of ether oxygens (including phenoxy) is 1. The van der Waals surface area contributed by atoms with Gasteiger partial charge in [0.05, 0.1) is 5.97 Å². The fourth-order valence-corrected chi connectivity index (χ4v) is 2.92. The number of aromatic nitrogens is 4. The van der Waals surface area contributed by atoms with Gasteiger partial charge in [-0.25, -0.2) is 0 Å². The monoisotopic (exact) mass is 376 g/mol. The van der Waals surface area contributed by atoms with Gasteiger partial charge in [0, 0.05) is 6.07 Å². The van der Waals surface area contributed by atoms with E-state index in [1.165, 1.54) is 40.1 Å². The molecule has 0 radical (unpaired) electrons. The number of carbonyl (C=O) groups excluding carboxylic acids is 1. The minimum atomic E-state index is -4.48. The number of carboxylic acids is 1. The standard InChI is InChI=1S/C15H12N4O6S/c20-15(21)9-25-12-5-3-4-11(8-12)18-10-16-17-19(18)13-6-1-2-7-14(13)26(22,23)24/h1-8,10H,9H2,(H-,20,21,22,23,24). The van der Waals surface area contributed by atoms with Crippen LogP contribution in [0.25, 0.3) is 11.4 Å². The number of benzene rings is 2. The lowest BCUT2D eigenvalue weighted by molar-refractivity contribution is -0.680. The van der Waals surface area contributed by atoms with Crippen LogP contribution in [-0.2, 0) is 14.9 Å². The van der Waals surface area contributed by atoms with E-state index in [9.17, 15) is 22.9 Å². The quantitative estimate of drug-likeness (QED) is 0.423. The first-order chi connectivity index (χ1) is 12.4. The fraction of sp³-hybridized carbons (Fsp3) is 0.0667. The van der Waals surface area contributed by atoms with E-state index in [0.717, 1.165) is 0 Å². The predicted molar refractivity (Wildman–Crippen MR) is 83.2 cm³/mol. The van der Waals surface area contributed by atoms with Crippen molar-refractivity contribution < 1.29 is 32.3 Å². The molecule has 3 aromatic rings. The van der Waals surface area contributed by atoms with Crippen LogP contribution in [0.15, 0.2) is 59.8 Å². The molecule has 0 aliphatic heterocycles. The van der Waals surface area contributed by atoms with Crippen molar-refractivity contribution in [3.05, 3.63) is 54.9 Å². The normalized spacial score (nSPS) is 11.3. The summed E-state index contributed by atoms with van der Waals surface area (Å²) in [5, 5.41) is 18.1. The molecule has 0 spiro atoms. The summed E-state index contributed by atoms with van der Waals surface area (Å²) in [7, 11) is -4.48. The number of carbonyl (C=O) groups is 1. The van der Waals surface area contributed by atoms with Gasteiger partial charge in [0.1, 0.15) is 33.7 Å². The van der Waals surface area contributed by atoms with Crippen molar-refractivity contribution in [2.24, 2.45) is 0 Å². The van der Waals surface area contributed by atoms with Crippen molar-refractivity contribution in [2.75, 3.05) is 6.61 Å². The molecular formula is C15H12N4O6S. The molecule has 3 rings (SSSR count). The topological polar surface area (TPSA) is 138 Å². The van der Waals surface area contributed by atoms with Crippen LogP contribution < -0.4 is 14.5 Å². The number of hydrogen-bond donors (Lipinski definition) is 1. The van der Waals surface area contributed by atoms with Crippen molar-refractivity contribution in [3.63, 3.8) is 0 Å². The Labute approximate surface area is 147 Å². The molecule has 0 saturated heterocycles. The zero-order valence-corrected chi connectivity index (χ0v) is 13.9. The summed E-state index contributed by atoms with van der Waals surface area (Å²) in [6, 6.07) is 12.0. The van der Waals surface area contributed by atoms with Crippen LogP contribution in [0, 0.1) is 0 Å². The van der Waals surface area contributed by atoms with Crippen molar-refractivity contribution in [1.82, 2.24) is 15.1 Å². The largest absolute Gasteiger partial charge is 0.546 e. The summed E-state index contributed by atoms with van der Waals surface area (Å²) < 4.78 is 39.1. The van der Waals surface area contributed by atoms with Gasteiger partial charge in [-0.05, 0) is 29.1 Å². The molecule has 0 saturated carbocycles. The minimum absolute atomic E-state index is 0.0774. The molecule has 1 heterocycles. The second-order valence-corrected chi connectivity index (χ2v) is 6.45. The number of aliphatic carboxylic acids is 1. The number of carboxylic acid groups (broad SMARTS) is 1. The van der Waals surface area contributed by atoms with Gasteiger partial charge in [-0.2, -0.15) is 8.42 Å². The van der Waals surface area contributed by atoms with Gasteiger partial charge in [-0.3, -0.25) is 4.55 Å². The number of para-hydroxylation sites is 1. The molecule has 0 unspecified atom stereocenters. The Morgan fingerprint density at radius 1 is 1.23 bits per heavy atom. The van der Waals surface area contributed by atoms with Crippen LogP contribution in [0.5, 0.6) is 5.75 Å². The zero-order valence-electron chi connectivity index (χ0n) is 13.1. The number of hydrogen-bond acceptors (Lipinski definition) is 7. The summed E-state index contributed by atoms with van der Waals surface area (Å²) in [4.78, 5) is 11.3. The van der Waals surface area contributed by atoms with E-state index in [1.54, 1.807) is 24.3 Å². The van der Waals surface area contributed by atoms with E-state index in [0.29, 0.717) is 5.69 Å². The molecule has 0 bridgehead atoms. The lowest BCUT2D eigenvalue weighted by Gasteiger charge is -2.09. The molecule has 0 aliphatic carbocycles. The van der Waals surface area contributed by atoms with E-state index in [4.69, 9.17) is 4.74 Å². The van der Waals surface area contributed by atoms with Crippen molar-refractivity contribution in [1.29, 1.82) is 0 Å². The summed E-state index contributed by atoms with van der Waals surface area (Å²) >= 11 is 0. The van der Waals surface area contributed by atoms with Gasteiger partial charge in [0.15, 0.2) is 5.21 Å². The molecule has 0 atom stereocenters. The second-order valence-electron chi connectivity index (χ2n) is 5.06. The molecule has 26 heavy (non-hydrogen) atoms. The van der Waals surface area contributed by atoms with Crippen LogP contribution in [0.4, 0.5) is 0 Å². The number of rotatable bonds is 6. The Morgan fingerprint density at radius 2 is 2.00 bits per heavy atom. The summed E-state index contributed by atoms with van der Waals surface area (Å²) in [5.41, 5.74) is 0.546. The van der Waals surface area contributed by atoms with Gasteiger partial charge < -0.3 is 14.6 Å². The lowest BCUT2D eigenvalue weighted by atomic mass is 10.3. The maximum Gasteiger partial charge on any atom is 0.296 e. The van der Waals surface area contributed by atoms with Crippen molar-refractivity contribution in [2.45, 2.75) is 4.90 Å². The number of nitrogens with zero attached hydrogens (tertiary/aromatic N) is 4. The van der Waals surface area contributed by atoms with Gasteiger partial charge in [-0.15, -0.1) is 4.68 Å². The highest BCUT2D eigenvalue weighted by atomic mass is 32.2. The van der Waals surface area contributed by atoms with Crippen molar-refractivity contribution >= 4 is 16.1 Å². The Morgan fingerprint density at radius 3 is 2.73 bits per heavy atom. The molecule has 0 aliphatic rings. The van der Waals surface area contributed by atoms with Crippen LogP contribution in [0.2, 0.25) is 0 Å². The third-order valence-corrected chi connectivity index (χ3v) is 4.20. The van der Waals surface area contributed by atoms with E-state index in [-0.39, 0.29) is 16.3 Å². The van der Waals surface area contributed by atoms with Crippen LogP contribution >= 0.6 is 0 Å². The van der Waals surface area contributed by atoms with Crippen LogP contribution in [0.3, 0.4) is 0 Å². The molecule has 10 nitrogen and oxygen atoms in total. The highest BCUT2D eigenvalue weighted by Gasteiger charge is 2.23. The maximum absolute atomic E-state index is 11.6. The molecular weight excluding hydrogens is 364 g/mol. The summed E-state index contributed by atoms with van der Waals surface area (Å²) in [5.74, 6) is -1.10. The molecule has 0 amide bonds. The number of tetrazole rings is 1. The second kappa shape index (κ2) is 6.90. The molecule has 134 valence electrons. The molecule has 1 N–H and O–H groups in total. The third kappa shape index (κ3) is 3.68. The highest BCUT2D eigenvalue weighted by molar-refractivity contribution is 7.86. The van der Waals surface area contributed by atoms with Gasteiger partial charge in [-0.1, -0.05) is 18.2 Å². The first-order valence-corrected chi connectivity index (χ1v) is 8.63. The fourth-order valence-electron chi connectivity index (χ4n) is 2.25. The Balaban J connectivity index is 2.06. The van der Waals surface area contributed by atoms with Gasteiger partial charge in [0.25, 0.3) is 16.4 Å². The van der Waals surface area contributed by atoms with Crippen LogP contribution in [-0.4, -0.2) is 40.7 Å². The van der Waals surface area contributed by atoms with Crippen LogP contribution in [0.1, 0.15) is 0 Å². The molecule has 2 aromatic carbocycles. The molecule has 11 heteroatoms. The summed E-state index contributed by atoms with van der Waals surface area (Å²) in [6.07, 6.45) is 1.32. The molecule has 0 fully saturated rings. The van der Waals surface area contributed by atoms with E-state index in [2.05, 4.69) is 10.3 Å². The van der Waals surface area contributed by atoms with Crippen molar-refractivity contribution in [3.8, 4) is 17.1 Å². The van der Waals surface area contributed by atoms with E-state index < -0.39 is 22.7 Å². The van der Waals surface area contributed by atoms with E-state index in [1.807, 2.05) is 0 Å². The Bertz CT molecular complexity index is 1060. The predicted octanol–water partition coefficient (Wildman–Crippen LogP) is -1.08. The Hall–Kier alpha value is -3.31. The zero-order chi connectivity index (χ0) is 18.7. The minimum Gasteiger partial charge on any atom is -0.546 e. The SMILES string of the molecule is O=C([O-])COc1cccc(-[n+]2cnnn2-c2ccccc2S(=O)(=O)O)c1. The Kier molecular flexibility index (Phi) is 4.65. The average Bonchev–Trinajstić information content (AvgIpc) is 3.09. The van der Waals surface area contributed by atoms with E-state index >= 15 is 0 Å². The smallest absolute Gasteiger partial charge is 0.296 e. The van der Waals surface area contributed by atoms with Gasteiger partial charge >= 0.3 is 0 Å². The maximum atomic E-state index is 11.6. The lowest BCUT2D eigenvalue weighted by Crippen LogP contribution is -2.40. The third-order valence-electron chi connectivity index (χ3n) is 3.30.